The Bertz CT molecular complexity index is 581. The first-order chi connectivity index (χ1) is 8.85. The number of aryl methyl sites for hydroxylation is 1. The summed E-state index contributed by atoms with van der Waals surface area (Å²) in [5, 5.41) is 3.02. The van der Waals surface area contributed by atoms with Gasteiger partial charge in [0, 0.05) is 17.8 Å². The molecule has 1 aromatic heterocycles. The molecule has 0 bridgehead atoms. The van der Waals surface area contributed by atoms with Gasteiger partial charge in [-0.1, -0.05) is 11.6 Å². The lowest BCUT2D eigenvalue weighted by Gasteiger charge is -2.10. The number of carbonyl (C=O) groups is 1. The van der Waals surface area contributed by atoms with E-state index in [0.29, 0.717) is 24.2 Å². The molecule has 19 heavy (non-hydrogen) atoms. The normalized spacial score (nSPS) is 21.3. The Morgan fingerprint density at radius 2 is 2.26 bits per heavy atom. The first-order valence-electron chi connectivity index (χ1n) is 5.98. The molecule has 1 unspecified atom stereocenters. The van der Waals surface area contributed by atoms with Crippen molar-refractivity contribution in [2.24, 2.45) is 5.92 Å². The summed E-state index contributed by atoms with van der Waals surface area (Å²) in [6, 6.07) is 3.14. The predicted molar refractivity (Wildman–Crippen MR) is 73.1 cm³/mol. The molecule has 1 atom stereocenters. The molecule has 104 valence electrons. The van der Waals surface area contributed by atoms with Gasteiger partial charge >= 0.3 is 0 Å². The van der Waals surface area contributed by atoms with Crippen molar-refractivity contribution in [1.29, 1.82) is 0 Å². The largest absolute Gasteiger partial charge is 0.352 e. The maximum absolute atomic E-state index is 11.9. The molecule has 2 heterocycles. The van der Waals surface area contributed by atoms with E-state index in [1.54, 1.807) is 13.0 Å². The molecular formula is C12H15ClN2O3S. The van der Waals surface area contributed by atoms with E-state index in [1.807, 2.05) is 0 Å². The molecule has 2 rings (SSSR count). The highest BCUT2D eigenvalue weighted by atomic mass is 35.5. The van der Waals surface area contributed by atoms with Crippen LogP contribution < -0.4 is 5.32 Å². The quantitative estimate of drug-likeness (QED) is 0.852. The van der Waals surface area contributed by atoms with Gasteiger partial charge in [-0.05, 0) is 31.4 Å². The monoisotopic (exact) mass is 302 g/mol. The SMILES string of the molecule is Cc1cc(C(=O)NCC2CCS(=O)(=O)C2)cc(Cl)n1. The molecule has 5 nitrogen and oxygen atoms in total. The topological polar surface area (TPSA) is 76.1 Å². The van der Waals surface area contributed by atoms with Crippen molar-refractivity contribution in [3.63, 3.8) is 0 Å². The van der Waals surface area contributed by atoms with Gasteiger partial charge in [0.25, 0.3) is 5.91 Å². The highest BCUT2D eigenvalue weighted by molar-refractivity contribution is 7.91. The lowest BCUT2D eigenvalue weighted by Crippen LogP contribution is -2.29. The van der Waals surface area contributed by atoms with E-state index in [9.17, 15) is 13.2 Å². The molecule has 0 spiro atoms. The first-order valence-corrected chi connectivity index (χ1v) is 8.18. The summed E-state index contributed by atoms with van der Waals surface area (Å²) in [4.78, 5) is 15.9. The number of hydrogen-bond acceptors (Lipinski definition) is 4. The summed E-state index contributed by atoms with van der Waals surface area (Å²) in [6.45, 7) is 2.13. The minimum absolute atomic E-state index is 0.00681. The Morgan fingerprint density at radius 3 is 2.84 bits per heavy atom. The lowest BCUT2D eigenvalue weighted by molar-refractivity contribution is 0.0948. The number of amides is 1. The number of nitrogens with zero attached hydrogens (tertiary/aromatic N) is 1. The van der Waals surface area contributed by atoms with Crippen molar-refractivity contribution < 1.29 is 13.2 Å². The fourth-order valence-electron chi connectivity index (χ4n) is 2.13. The van der Waals surface area contributed by atoms with E-state index >= 15 is 0 Å². The second-order valence-electron chi connectivity index (χ2n) is 4.80. The summed E-state index contributed by atoms with van der Waals surface area (Å²) in [7, 11) is -2.90. The van der Waals surface area contributed by atoms with Crippen LogP contribution in [0.5, 0.6) is 0 Å². The molecule has 0 aliphatic carbocycles. The van der Waals surface area contributed by atoms with Gasteiger partial charge in [0.1, 0.15) is 5.15 Å². The van der Waals surface area contributed by atoms with Crippen LogP contribution in [0.15, 0.2) is 12.1 Å². The predicted octanol–water partition coefficient (Wildman–Crippen LogP) is 1.21. The zero-order valence-corrected chi connectivity index (χ0v) is 12.1. The summed E-state index contributed by atoms with van der Waals surface area (Å²) >= 11 is 5.79. The van der Waals surface area contributed by atoms with E-state index in [0.717, 1.165) is 0 Å². The minimum atomic E-state index is -2.90. The van der Waals surface area contributed by atoms with E-state index < -0.39 is 9.84 Å². The van der Waals surface area contributed by atoms with Crippen molar-refractivity contribution in [2.75, 3.05) is 18.1 Å². The van der Waals surface area contributed by atoms with E-state index in [-0.39, 0.29) is 28.5 Å². The van der Waals surface area contributed by atoms with Gasteiger partial charge in [-0.25, -0.2) is 13.4 Å². The molecule has 0 radical (unpaired) electrons. The highest BCUT2D eigenvalue weighted by Crippen LogP contribution is 2.17. The second kappa shape index (κ2) is 5.46. The van der Waals surface area contributed by atoms with Crippen molar-refractivity contribution in [3.8, 4) is 0 Å². The highest BCUT2D eigenvalue weighted by Gasteiger charge is 2.28. The minimum Gasteiger partial charge on any atom is -0.352 e. The van der Waals surface area contributed by atoms with E-state index in [2.05, 4.69) is 10.3 Å². The van der Waals surface area contributed by atoms with Crippen LogP contribution in [0, 0.1) is 12.8 Å². The number of carbonyl (C=O) groups excluding carboxylic acids is 1. The Labute approximate surface area is 117 Å². The van der Waals surface area contributed by atoms with Gasteiger partial charge in [0.05, 0.1) is 11.5 Å². The van der Waals surface area contributed by atoms with E-state index in [4.69, 9.17) is 11.6 Å². The van der Waals surface area contributed by atoms with Crippen molar-refractivity contribution in [1.82, 2.24) is 10.3 Å². The zero-order valence-electron chi connectivity index (χ0n) is 10.5. The summed E-state index contributed by atoms with van der Waals surface area (Å²) in [5.74, 6) is 0.126. The van der Waals surface area contributed by atoms with Gasteiger partial charge < -0.3 is 5.32 Å². The molecule has 1 aliphatic rings. The summed E-state index contributed by atoms with van der Waals surface area (Å²) in [5.41, 5.74) is 1.11. The number of pyridine rings is 1. The summed E-state index contributed by atoms with van der Waals surface area (Å²) in [6.07, 6.45) is 0.610. The third kappa shape index (κ3) is 3.91. The number of sulfone groups is 1. The van der Waals surface area contributed by atoms with Crippen LogP contribution in [0.1, 0.15) is 22.5 Å². The fraction of sp³-hybridized carbons (Fsp3) is 0.500. The Balaban J connectivity index is 1.95. The molecule has 0 saturated carbocycles. The Hall–Kier alpha value is -1.14. The number of aromatic nitrogens is 1. The molecule has 0 aromatic carbocycles. The van der Waals surface area contributed by atoms with Crippen LogP contribution in [0.2, 0.25) is 5.15 Å². The number of rotatable bonds is 3. The molecule has 1 saturated heterocycles. The molecule has 7 heteroatoms. The van der Waals surface area contributed by atoms with Gasteiger partial charge in [-0.3, -0.25) is 4.79 Å². The summed E-state index contributed by atoms with van der Waals surface area (Å²) < 4.78 is 22.6. The molecule has 1 N–H and O–H groups in total. The standard InChI is InChI=1S/C12H15ClN2O3S/c1-8-4-10(5-11(13)15-8)12(16)14-6-9-2-3-19(17,18)7-9/h4-5,9H,2-3,6-7H2,1H3,(H,14,16). The third-order valence-corrected chi connectivity index (χ3v) is 5.09. The van der Waals surface area contributed by atoms with Crippen molar-refractivity contribution in [3.05, 3.63) is 28.5 Å². The van der Waals surface area contributed by atoms with Gasteiger partial charge in [-0.2, -0.15) is 0 Å². The van der Waals surface area contributed by atoms with Crippen molar-refractivity contribution >= 4 is 27.3 Å². The third-order valence-electron chi connectivity index (χ3n) is 3.06. The average molecular weight is 303 g/mol. The average Bonchev–Trinajstić information content (AvgIpc) is 2.64. The van der Waals surface area contributed by atoms with Crippen LogP contribution in [0.4, 0.5) is 0 Å². The Kier molecular flexibility index (Phi) is 4.10. The maximum atomic E-state index is 11.9. The molecule has 1 aliphatic heterocycles. The molecular weight excluding hydrogens is 288 g/mol. The van der Waals surface area contributed by atoms with Gasteiger partial charge in [0.2, 0.25) is 0 Å². The molecule has 1 fully saturated rings. The first kappa shape index (κ1) is 14.3. The van der Waals surface area contributed by atoms with Gasteiger partial charge in [0.15, 0.2) is 9.84 Å². The maximum Gasteiger partial charge on any atom is 0.251 e. The Morgan fingerprint density at radius 1 is 1.53 bits per heavy atom. The molecule has 1 aromatic rings. The number of halogens is 1. The number of hydrogen-bond donors (Lipinski definition) is 1. The molecule has 1 amide bonds. The van der Waals surface area contributed by atoms with Crippen LogP contribution >= 0.6 is 11.6 Å². The fourth-order valence-corrected chi connectivity index (χ4v) is 4.24. The van der Waals surface area contributed by atoms with Crippen LogP contribution in [-0.4, -0.2) is 37.4 Å². The zero-order chi connectivity index (χ0) is 14.0. The van der Waals surface area contributed by atoms with Crippen LogP contribution in [0.3, 0.4) is 0 Å². The van der Waals surface area contributed by atoms with Crippen molar-refractivity contribution in [2.45, 2.75) is 13.3 Å². The lowest BCUT2D eigenvalue weighted by atomic mass is 10.1. The van der Waals surface area contributed by atoms with Crippen LogP contribution in [-0.2, 0) is 9.84 Å². The second-order valence-corrected chi connectivity index (χ2v) is 7.41. The smallest absolute Gasteiger partial charge is 0.251 e. The van der Waals surface area contributed by atoms with Crippen LogP contribution in [0.25, 0.3) is 0 Å². The van der Waals surface area contributed by atoms with Gasteiger partial charge in [-0.15, -0.1) is 0 Å². The van der Waals surface area contributed by atoms with E-state index in [1.165, 1.54) is 6.07 Å². The number of nitrogens with one attached hydrogen (secondary N) is 1.